The third kappa shape index (κ3) is 3.96. The van der Waals surface area contributed by atoms with Crippen LogP contribution in [0.2, 0.25) is 0 Å². The van der Waals surface area contributed by atoms with Gasteiger partial charge in [-0.3, -0.25) is 4.90 Å². The third-order valence-corrected chi connectivity index (χ3v) is 5.09. The maximum atomic E-state index is 13.0. The molecule has 3 aromatic rings. The molecule has 0 saturated carbocycles. The highest BCUT2D eigenvalue weighted by Gasteiger charge is 2.21. The van der Waals surface area contributed by atoms with Crippen LogP contribution >= 0.6 is 0 Å². The van der Waals surface area contributed by atoms with Gasteiger partial charge in [0.2, 0.25) is 0 Å². The van der Waals surface area contributed by atoms with Crippen LogP contribution < -0.4 is 5.32 Å². The summed E-state index contributed by atoms with van der Waals surface area (Å²) in [6.07, 6.45) is 1.79. The molecular formula is C20H23FN6O. The van der Waals surface area contributed by atoms with Crippen molar-refractivity contribution in [3.63, 3.8) is 0 Å². The minimum atomic E-state index is -0.317. The molecule has 0 atom stereocenters. The van der Waals surface area contributed by atoms with Crippen LogP contribution in [0.1, 0.15) is 5.82 Å². The molecule has 0 unspecified atom stereocenters. The van der Waals surface area contributed by atoms with E-state index in [0.29, 0.717) is 18.8 Å². The highest BCUT2D eigenvalue weighted by atomic mass is 19.1. The number of hydrogen-bond acceptors (Lipinski definition) is 4. The number of imidazole rings is 1. The molecule has 4 rings (SSSR count). The molecule has 0 bridgehead atoms. The number of pyridine rings is 1. The predicted octanol–water partition coefficient (Wildman–Crippen LogP) is 2.73. The fourth-order valence-corrected chi connectivity index (χ4v) is 3.49. The van der Waals surface area contributed by atoms with Crippen molar-refractivity contribution in [2.45, 2.75) is 13.5 Å². The zero-order chi connectivity index (χ0) is 19.5. The third-order valence-electron chi connectivity index (χ3n) is 5.09. The van der Waals surface area contributed by atoms with Crippen LogP contribution in [-0.4, -0.2) is 63.1 Å². The van der Waals surface area contributed by atoms with Crippen molar-refractivity contribution in [3.05, 3.63) is 54.2 Å². The lowest BCUT2D eigenvalue weighted by atomic mass is 10.3. The number of rotatable bonds is 4. The van der Waals surface area contributed by atoms with Crippen molar-refractivity contribution in [2.24, 2.45) is 0 Å². The highest BCUT2D eigenvalue weighted by Crippen LogP contribution is 2.14. The summed E-state index contributed by atoms with van der Waals surface area (Å²) in [6, 6.07) is 9.53. The summed E-state index contributed by atoms with van der Waals surface area (Å²) >= 11 is 0. The number of benzene rings is 1. The van der Waals surface area contributed by atoms with E-state index in [0.717, 1.165) is 43.2 Å². The second-order valence-electron chi connectivity index (χ2n) is 6.92. The second kappa shape index (κ2) is 7.93. The molecular weight excluding hydrogens is 359 g/mol. The average Bonchev–Trinajstić information content (AvgIpc) is 3.03. The summed E-state index contributed by atoms with van der Waals surface area (Å²) in [5.74, 6) is 0.647. The van der Waals surface area contributed by atoms with Crippen LogP contribution in [0.15, 0.2) is 42.6 Å². The van der Waals surface area contributed by atoms with Gasteiger partial charge in [-0.15, -0.1) is 0 Å². The maximum absolute atomic E-state index is 13.0. The number of carbonyl (C=O) groups is 1. The number of nitrogens with zero attached hydrogens (tertiary/aromatic N) is 5. The largest absolute Gasteiger partial charge is 0.322 e. The predicted molar refractivity (Wildman–Crippen MR) is 106 cm³/mol. The Balaban J connectivity index is 1.28. The van der Waals surface area contributed by atoms with Crippen LogP contribution in [-0.2, 0) is 6.54 Å². The van der Waals surface area contributed by atoms with E-state index in [1.807, 2.05) is 19.1 Å². The molecule has 1 N–H and O–H groups in total. The standard InChI is InChI=1S/C20H23FN6O/c1-15-23-18-3-2-8-22-19(18)27(15)14-11-25-9-12-26(13-10-25)20(28)24-17-6-4-16(21)5-7-17/h2-8H,9-14H2,1H3,(H,24,28). The Hall–Kier alpha value is -3.00. The number of urea groups is 1. The van der Waals surface area contributed by atoms with Crippen LogP contribution in [0.4, 0.5) is 14.9 Å². The van der Waals surface area contributed by atoms with Gasteiger partial charge in [-0.2, -0.15) is 0 Å². The van der Waals surface area contributed by atoms with Gasteiger partial charge in [-0.25, -0.2) is 19.2 Å². The first-order valence-electron chi connectivity index (χ1n) is 9.42. The summed E-state index contributed by atoms with van der Waals surface area (Å²) in [4.78, 5) is 25.5. The Kier molecular flexibility index (Phi) is 5.21. The van der Waals surface area contributed by atoms with E-state index in [1.54, 1.807) is 23.2 Å². The van der Waals surface area contributed by atoms with Gasteiger partial charge in [0.15, 0.2) is 5.65 Å². The van der Waals surface area contributed by atoms with E-state index in [-0.39, 0.29) is 11.8 Å². The van der Waals surface area contributed by atoms with E-state index >= 15 is 0 Å². The number of hydrogen-bond donors (Lipinski definition) is 1. The second-order valence-corrected chi connectivity index (χ2v) is 6.92. The van der Waals surface area contributed by atoms with Gasteiger partial charge in [0.05, 0.1) is 0 Å². The first-order chi connectivity index (χ1) is 13.6. The molecule has 1 fully saturated rings. The lowest BCUT2D eigenvalue weighted by Crippen LogP contribution is -2.50. The van der Waals surface area contributed by atoms with E-state index in [9.17, 15) is 9.18 Å². The van der Waals surface area contributed by atoms with E-state index in [1.165, 1.54) is 12.1 Å². The van der Waals surface area contributed by atoms with Crippen molar-refractivity contribution in [1.29, 1.82) is 0 Å². The molecule has 2 aromatic heterocycles. The summed E-state index contributed by atoms with van der Waals surface area (Å²) in [5.41, 5.74) is 2.43. The maximum Gasteiger partial charge on any atom is 0.321 e. The molecule has 3 heterocycles. The van der Waals surface area contributed by atoms with Gasteiger partial charge >= 0.3 is 6.03 Å². The number of halogens is 1. The molecule has 1 aromatic carbocycles. The summed E-state index contributed by atoms with van der Waals surface area (Å²) < 4.78 is 15.1. The molecule has 0 spiro atoms. The molecule has 7 nitrogen and oxygen atoms in total. The van der Waals surface area contributed by atoms with Crippen LogP contribution in [0.25, 0.3) is 11.2 Å². The fraction of sp³-hybridized carbons (Fsp3) is 0.350. The molecule has 1 aliphatic heterocycles. The van der Waals surface area contributed by atoms with Gasteiger partial charge in [0.1, 0.15) is 17.2 Å². The average molecular weight is 382 g/mol. The number of amides is 2. The summed E-state index contributed by atoms with van der Waals surface area (Å²) in [7, 11) is 0. The first kappa shape index (κ1) is 18.4. The topological polar surface area (TPSA) is 66.3 Å². The normalized spacial score (nSPS) is 15.1. The zero-order valence-corrected chi connectivity index (χ0v) is 15.8. The van der Waals surface area contributed by atoms with Crippen LogP contribution in [0, 0.1) is 12.7 Å². The van der Waals surface area contributed by atoms with E-state index in [4.69, 9.17) is 0 Å². The minimum Gasteiger partial charge on any atom is -0.322 e. The number of aromatic nitrogens is 3. The Morgan fingerprint density at radius 3 is 2.61 bits per heavy atom. The Morgan fingerprint density at radius 2 is 1.86 bits per heavy atom. The lowest BCUT2D eigenvalue weighted by Gasteiger charge is -2.34. The van der Waals surface area contributed by atoms with Gasteiger partial charge in [0, 0.05) is 51.2 Å². The number of aryl methyl sites for hydroxylation is 1. The molecule has 2 amide bonds. The summed E-state index contributed by atoms with van der Waals surface area (Å²) in [6.45, 7) is 6.66. The number of fused-ring (bicyclic) bond motifs is 1. The molecule has 146 valence electrons. The van der Waals surface area contributed by atoms with E-state index in [2.05, 4.69) is 24.8 Å². The van der Waals surface area contributed by atoms with Crippen LogP contribution in [0.5, 0.6) is 0 Å². The van der Waals surface area contributed by atoms with Crippen molar-refractivity contribution in [3.8, 4) is 0 Å². The number of anilines is 1. The van der Waals surface area contributed by atoms with Gasteiger partial charge in [-0.1, -0.05) is 0 Å². The number of carbonyl (C=O) groups excluding carboxylic acids is 1. The number of piperazine rings is 1. The first-order valence-corrected chi connectivity index (χ1v) is 9.42. The Morgan fingerprint density at radius 1 is 1.11 bits per heavy atom. The molecule has 0 aliphatic carbocycles. The molecule has 1 saturated heterocycles. The summed E-state index contributed by atoms with van der Waals surface area (Å²) in [5, 5.41) is 2.82. The Bertz CT molecular complexity index is 962. The van der Waals surface area contributed by atoms with Crippen molar-refractivity contribution in [1.82, 2.24) is 24.3 Å². The Labute approximate surface area is 162 Å². The fourth-order valence-electron chi connectivity index (χ4n) is 3.49. The monoisotopic (exact) mass is 382 g/mol. The van der Waals surface area contributed by atoms with Crippen molar-refractivity contribution >= 4 is 22.9 Å². The van der Waals surface area contributed by atoms with E-state index < -0.39 is 0 Å². The van der Waals surface area contributed by atoms with Crippen molar-refractivity contribution < 1.29 is 9.18 Å². The van der Waals surface area contributed by atoms with Gasteiger partial charge < -0.3 is 14.8 Å². The minimum absolute atomic E-state index is 0.146. The highest BCUT2D eigenvalue weighted by molar-refractivity contribution is 5.89. The zero-order valence-electron chi connectivity index (χ0n) is 15.8. The van der Waals surface area contributed by atoms with Crippen molar-refractivity contribution in [2.75, 3.05) is 38.0 Å². The molecule has 8 heteroatoms. The molecule has 0 radical (unpaired) electrons. The quantitative estimate of drug-likeness (QED) is 0.754. The van der Waals surface area contributed by atoms with Gasteiger partial charge in [0.25, 0.3) is 0 Å². The SMILES string of the molecule is Cc1nc2cccnc2n1CCN1CCN(C(=O)Nc2ccc(F)cc2)CC1. The van der Waals surface area contributed by atoms with Gasteiger partial charge in [-0.05, 0) is 43.3 Å². The lowest BCUT2D eigenvalue weighted by molar-refractivity contribution is 0.144. The number of nitrogens with one attached hydrogen (secondary N) is 1. The molecule has 1 aliphatic rings. The van der Waals surface area contributed by atoms with Crippen LogP contribution in [0.3, 0.4) is 0 Å². The molecule has 28 heavy (non-hydrogen) atoms. The smallest absolute Gasteiger partial charge is 0.321 e.